The summed E-state index contributed by atoms with van der Waals surface area (Å²) < 4.78 is 0. The molecule has 0 heterocycles. The van der Waals surface area contributed by atoms with Gasteiger partial charge in [0.15, 0.2) is 0 Å². The lowest BCUT2D eigenvalue weighted by molar-refractivity contribution is 0.0695. The molecule has 2 rings (SSSR count). The summed E-state index contributed by atoms with van der Waals surface area (Å²) in [7, 11) is 0. The van der Waals surface area contributed by atoms with Crippen LogP contribution in [0.5, 0.6) is 5.75 Å². The van der Waals surface area contributed by atoms with Crippen LogP contribution >= 0.6 is 0 Å². The lowest BCUT2D eigenvalue weighted by Gasteiger charge is -2.14. The molecule has 0 aliphatic rings. The summed E-state index contributed by atoms with van der Waals surface area (Å²) in [6.07, 6.45) is 0. The average molecular weight is 230 g/mol. The molecule has 0 aliphatic carbocycles. The van der Waals surface area contributed by atoms with Gasteiger partial charge < -0.3 is 10.2 Å². The maximum atomic E-state index is 11.3. The molecule has 2 aromatic carbocycles. The van der Waals surface area contributed by atoms with E-state index in [2.05, 4.69) is 0 Å². The molecule has 0 radical (unpaired) electrons. The number of fused-ring (bicyclic) bond motifs is 1. The van der Waals surface area contributed by atoms with E-state index < -0.39 is 5.97 Å². The van der Waals surface area contributed by atoms with E-state index in [1.807, 2.05) is 19.9 Å². The van der Waals surface area contributed by atoms with Crippen LogP contribution in [0.15, 0.2) is 18.2 Å². The van der Waals surface area contributed by atoms with Gasteiger partial charge in [0.05, 0.1) is 5.56 Å². The molecule has 0 saturated carbocycles. The standard InChI is InChI=1S/C14H14O3/c1-7-8(2)13(14(16)17)9(3)12-6-10(15)4-5-11(7)12/h4-6,15H,1-3H3,(H,16,17). The van der Waals surface area contributed by atoms with E-state index in [0.717, 1.165) is 21.9 Å². The largest absolute Gasteiger partial charge is 0.508 e. The van der Waals surface area contributed by atoms with Crippen molar-refractivity contribution in [3.8, 4) is 5.75 Å². The second kappa shape index (κ2) is 3.77. The summed E-state index contributed by atoms with van der Waals surface area (Å²) in [6, 6.07) is 5.06. The van der Waals surface area contributed by atoms with E-state index >= 15 is 0 Å². The van der Waals surface area contributed by atoms with Crippen molar-refractivity contribution in [1.82, 2.24) is 0 Å². The Bertz CT molecular complexity index is 627. The third-order valence-electron chi connectivity index (χ3n) is 3.34. The molecule has 0 aromatic heterocycles. The third-order valence-corrected chi connectivity index (χ3v) is 3.34. The topological polar surface area (TPSA) is 57.5 Å². The molecule has 17 heavy (non-hydrogen) atoms. The fourth-order valence-corrected chi connectivity index (χ4v) is 2.30. The van der Waals surface area contributed by atoms with Gasteiger partial charge in [0.1, 0.15) is 5.75 Å². The minimum Gasteiger partial charge on any atom is -0.508 e. The molecule has 2 aromatic rings. The quantitative estimate of drug-likeness (QED) is 0.791. The number of carbonyl (C=O) groups is 1. The highest BCUT2D eigenvalue weighted by Gasteiger charge is 2.16. The van der Waals surface area contributed by atoms with Gasteiger partial charge in [-0.15, -0.1) is 0 Å². The number of aromatic carboxylic acids is 1. The molecule has 2 N–H and O–H groups in total. The minimum absolute atomic E-state index is 0.153. The number of aryl methyl sites for hydroxylation is 2. The molecule has 3 heteroatoms. The van der Waals surface area contributed by atoms with Crippen molar-refractivity contribution in [3.63, 3.8) is 0 Å². The van der Waals surface area contributed by atoms with Crippen molar-refractivity contribution in [2.24, 2.45) is 0 Å². The molecule has 88 valence electrons. The van der Waals surface area contributed by atoms with Gasteiger partial charge in [0.25, 0.3) is 0 Å². The molecule has 0 amide bonds. The first-order valence-corrected chi connectivity index (χ1v) is 5.39. The van der Waals surface area contributed by atoms with Crippen LogP contribution < -0.4 is 0 Å². The molecule has 0 unspecified atom stereocenters. The third kappa shape index (κ3) is 1.64. The van der Waals surface area contributed by atoms with Gasteiger partial charge in [-0.25, -0.2) is 4.79 Å². The number of carboxylic acid groups (broad SMARTS) is 1. The molecule has 0 spiro atoms. The van der Waals surface area contributed by atoms with Crippen molar-refractivity contribution in [1.29, 1.82) is 0 Å². The molecule has 0 bridgehead atoms. The van der Waals surface area contributed by atoms with Crippen molar-refractivity contribution < 1.29 is 15.0 Å². The summed E-state index contributed by atoms with van der Waals surface area (Å²) in [4.78, 5) is 11.3. The fourth-order valence-electron chi connectivity index (χ4n) is 2.30. The van der Waals surface area contributed by atoms with E-state index in [1.54, 1.807) is 19.1 Å². The Morgan fingerprint density at radius 2 is 1.65 bits per heavy atom. The van der Waals surface area contributed by atoms with Gasteiger partial charge in [0, 0.05) is 0 Å². The number of phenols is 1. The normalized spacial score (nSPS) is 10.8. The molecule has 0 atom stereocenters. The second-order valence-electron chi connectivity index (χ2n) is 4.29. The molecule has 3 nitrogen and oxygen atoms in total. The predicted molar refractivity (Wildman–Crippen MR) is 66.8 cm³/mol. The van der Waals surface area contributed by atoms with E-state index in [4.69, 9.17) is 0 Å². The fraction of sp³-hybridized carbons (Fsp3) is 0.214. The van der Waals surface area contributed by atoms with Crippen LogP contribution in [-0.2, 0) is 0 Å². The van der Waals surface area contributed by atoms with Gasteiger partial charge in [-0.1, -0.05) is 6.07 Å². The van der Waals surface area contributed by atoms with Gasteiger partial charge >= 0.3 is 5.97 Å². The summed E-state index contributed by atoms with van der Waals surface area (Å²) in [5, 5.41) is 20.5. The smallest absolute Gasteiger partial charge is 0.336 e. The highest BCUT2D eigenvalue weighted by atomic mass is 16.4. The highest BCUT2D eigenvalue weighted by molar-refractivity contribution is 6.01. The zero-order valence-electron chi connectivity index (χ0n) is 10.0. The van der Waals surface area contributed by atoms with Crippen molar-refractivity contribution in [2.45, 2.75) is 20.8 Å². The molecule has 0 saturated heterocycles. The Morgan fingerprint density at radius 1 is 1.00 bits per heavy atom. The monoisotopic (exact) mass is 230 g/mol. The van der Waals surface area contributed by atoms with E-state index in [0.29, 0.717) is 11.1 Å². The van der Waals surface area contributed by atoms with Crippen LogP contribution in [-0.4, -0.2) is 16.2 Å². The number of hydrogen-bond acceptors (Lipinski definition) is 2. The van der Waals surface area contributed by atoms with E-state index in [1.165, 1.54) is 0 Å². The maximum absolute atomic E-state index is 11.3. The van der Waals surface area contributed by atoms with Crippen LogP contribution in [0.1, 0.15) is 27.0 Å². The molecule has 0 aliphatic heterocycles. The Labute approximate surface area is 99.3 Å². The lowest BCUT2D eigenvalue weighted by atomic mass is 9.91. The Balaban J connectivity index is 3.00. The minimum atomic E-state index is -0.923. The Hall–Kier alpha value is -2.03. The van der Waals surface area contributed by atoms with Crippen molar-refractivity contribution in [3.05, 3.63) is 40.5 Å². The number of benzene rings is 2. The molecular weight excluding hydrogens is 216 g/mol. The van der Waals surface area contributed by atoms with Gasteiger partial charge in [-0.05, 0) is 60.4 Å². The van der Waals surface area contributed by atoms with Gasteiger partial charge in [-0.3, -0.25) is 0 Å². The number of carboxylic acids is 1. The van der Waals surface area contributed by atoms with Crippen LogP contribution in [0.4, 0.5) is 0 Å². The van der Waals surface area contributed by atoms with Crippen molar-refractivity contribution >= 4 is 16.7 Å². The maximum Gasteiger partial charge on any atom is 0.336 e. The number of aromatic hydroxyl groups is 1. The predicted octanol–water partition coefficient (Wildman–Crippen LogP) is 3.17. The molecular formula is C14H14O3. The van der Waals surface area contributed by atoms with Crippen LogP contribution in [0.2, 0.25) is 0 Å². The van der Waals surface area contributed by atoms with Gasteiger partial charge in [0.2, 0.25) is 0 Å². The average Bonchev–Trinajstić information content (AvgIpc) is 2.26. The number of hydrogen-bond donors (Lipinski definition) is 2. The summed E-state index contributed by atoms with van der Waals surface area (Å²) in [5.41, 5.74) is 2.77. The summed E-state index contributed by atoms with van der Waals surface area (Å²) in [5.74, 6) is -0.770. The summed E-state index contributed by atoms with van der Waals surface area (Å²) in [6.45, 7) is 5.50. The first kappa shape index (κ1) is 11.5. The van der Waals surface area contributed by atoms with Crippen molar-refractivity contribution in [2.75, 3.05) is 0 Å². The van der Waals surface area contributed by atoms with Crippen LogP contribution in [0.25, 0.3) is 10.8 Å². The van der Waals surface area contributed by atoms with E-state index in [-0.39, 0.29) is 5.75 Å². The zero-order valence-corrected chi connectivity index (χ0v) is 10.0. The first-order valence-electron chi connectivity index (χ1n) is 5.39. The highest BCUT2D eigenvalue weighted by Crippen LogP contribution is 2.31. The number of phenolic OH excluding ortho intramolecular Hbond substituents is 1. The SMILES string of the molecule is Cc1c(C(=O)O)c(C)c2cc(O)ccc2c1C. The van der Waals surface area contributed by atoms with Gasteiger partial charge in [-0.2, -0.15) is 0 Å². The van der Waals surface area contributed by atoms with E-state index in [9.17, 15) is 15.0 Å². The molecule has 0 fully saturated rings. The summed E-state index contributed by atoms with van der Waals surface area (Å²) >= 11 is 0. The zero-order chi connectivity index (χ0) is 12.7. The lowest BCUT2D eigenvalue weighted by Crippen LogP contribution is -2.05. The second-order valence-corrected chi connectivity index (χ2v) is 4.29. The number of rotatable bonds is 1. The Kier molecular flexibility index (Phi) is 2.54. The first-order chi connectivity index (χ1) is 7.93. The Morgan fingerprint density at radius 3 is 2.24 bits per heavy atom. The van der Waals surface area contributed by atoms with Crippen LogP contribution in [0.3, 0.4) is 0 Å². The van der Waals surface area contributed by atoms with Crippen LogP contribution in [0, 0.1) is 20.8 Å².